The maximum absolute atomic E-state index is 14.2. The van der Waals surface area contributed by atoms with Crippen LogP contribution in [0.5, 0.6) is 0 Å². The Hall–Kier alpha value is -2.08. The van der Waals surface area contributed by atoms with Gasteiger partial charge in [-0.3, -0.25) is 10.2 Å². The van der Waals surface area contributed by atoms with Crippen LogP contribution in [0.25, 0.3) is 10.8 Å². The first-order valence-corrected chi connectivity index (χ1v) is 9.17. The molecule has 0 saturated carbocycles. The molecule has 0 aromatic heterocycles. The van der Waals surface area contributed by atoms with Gasteiger partial charge in [0.1, 0.15) is 0 Å². The zero-order chi connectivity index (χ0) is 20.0. The minimum absolute atomic E-state index is 0.0307. The largest absolute Gasteiger partial charge is 0.409 e. The summed E-state index contributed by atoms with van der Waals surface area (Å²) in [6.07, 6.45) is -3.70. The van der Waals surface area contributed by atoms with Crippen molar-refractivity contribution < 1.29 is 18.0 Å². The van der Waals surface area contributed by atoms with Crippen molar-refractivity contribution in [2.24, 2.45) is 5.92 Å². The molecule has 1 aliphatic rings. The van der Waals surface area contributed by atoms with Gasteiger partial charge in [0.25, 0.3) is 0 Å². The Morgan fingerprint density at radius 3 is 2.30 bits per heavy atom. The highest BCUT2D eigenvalue weighted by molar-refractivity contribution is 5.89. The van der Waals surface area contributed by atoms with Gasteiger partial charge in [-0.15, -0.1) is 0 Å². The van der Waals surface area contributed by atoms with E-state index < -0.39 is 23.7 Å². The number of hydrogen-bond donors (Lipinski definition) is 1. The van der Waals surface area contributed by atoms with E-state index in [1.165, 1.54) is 6.07 Å². The lowest BCUT2D eigenvalue weighted by Gasteiger charge is -2.38. The third-order valence-electron chi connectivity index (χ3n) is 5.03. The summed E-state index contributed by atoms with van der Waals surface area (Å²) in [7, 11) is 0. The molecule has 0 bridgehead atoms. The second-order valence-electron chi connectivity index (χ2n) is 8.30. The predicted octanol–water partition coefficient (Wildman–Crippen LogP) is 5.16. The summed E-state index contributed by atoms with van der Waals surface area (Å²) in [5.74, 6) is 0.00413. The Bertz CT molecular complexity index is 858. The number of alkyl halides is 3. The summed E-state index contributed by atoms with van der Waals surface area (Å²) >= 11 is 0. The molecule has 0 spiro atoms. The van der Waals surface area contributed by atoms with Crippen molar-refractivity contribution >= 4 is 16.7 Å². The van der Waals surface area contributed by atoms with Crippen LogP contribution in [0.2, 0.25) is 0 Å². The molecule has 1 aliphatic heterocycles. The molecule has 1 amide bonds. The minimum Gasteiger partial charge on any atom is -0.287 e. The van der Waals surface area contributed by atoms with Crippen LogP contribution in [0.1, 0.15) is 51.3 Å². The number of fused-ring (bicyclic) bond motifs is 1. The van der Waals surface area contributed by atoms with E-state index in [-0.39, 0.29) is 12.0 Å². The number of amides is 1. The van der Waals surface area contributed by atoms with Gasteiger partial charge >= 0.3 is 6.18 Å². The van der Waals surface area contributed by atoms with E-state index >= 15 is 0 Å². The van der Waals surface area contributed by atoms with Gasteiger partial charge < -0.3 is 0 Å². The predicted molar refractivity (Wildman–Crippen MR) is 100.0 cm³/mol. The Morgan fingerprint density at radius 1 is 1.11 bits per heavy atom. The van der Waals surface area contributed by atoms with Crippen molar-refractivity contribution in [1.29, 1.82) is 0 Å². The fourth-order valence-corrected chi connectivity index (χ4v) is 3.93. The molecule has 2 aromatic carbocycles. The number of nitrogens with one attached hydrogen (secondary N) is 1. The lowest BCUT2D eigenvalue weighted by molar-refractivity contribution is -0.203. The molecular weight excluding hydrogens is 353 g/mol. The molecule has 1 atom stereocenters. The number of carbonyl (C=O) groups excluding carboxylic acids is 1. The average Bonchev–Trinajstić information content (AvgIpc) is 2.79. The lowest BCUT2D eigenvalue weighted by atomic mass is 9.90. The Labute approximate surface area is 157 Å². The maximum atomic E-state index is 14.2. The Morgan fingerprint density at radius 2 is 1.74 bits per heavy atom. The van der Waals surface area contributed by atoms with E-state index in [0.29, 0.717) is 11.3 Å². The van der Waals surface area contributed by atoms with Crippen LogP contribution in [0.4, 0.5) is 13.2 Å². The molecule has 2 aromatic rings. The van der Waals surface area contributed by atoms with Crippen molar-refractivity contribution in [3.63, 3.8) is 0 Å². The molecule has 6 heteroatoms. The summed E-state index contributed by atoms with van der Waals surface area (Å²) in [5, 5.41) is 2.48. The van der Waals surface area contributed by atoms with Crippen LogP contribution in [0.15, 0.2) is 36.4 Å². The SMILES string of the molecule is CC(C)Cc1cccc2c([C@H](N3NC(=O)CC3(C)C)C(F)(F)F)cccc12. The van der Waals surface area contributed by atoms with E-state index in [1.54, 1.807) is 26.0 Å². The highest BCUT2D eigenvalue weighted by Gasteiger charge is 2.53. The minimum atomic E-state index is -4.53. The molecule has 3 nitrogen and oxygen atoms in total. The fraction of sp³-hybridized carbons (Fsp3) is 0.476. The molecule has 0 radical (unpaired) electrons. The van der Waals surface area contributed by atoms with Crippen LogP contribution in [-0.2, 0) is 11.2 Å². The van der Waals surface area contributed by atoms with Crippen LogP contribution in [0.3, 0.4) is 0 Å². The number of hydrazine groups is 1. The molecule has 0 aliphatic carbocycles. The van der Waals surface area contributed by atoms with Crippen molar-refractivity contribution in [2.75, 3.05) is 0 Å². The number of carbonyl (C=O) groups is 1. The summed E-state index contributed by atoms with van der Waals surface area (Å²) in [4.78, 5) is 11.9. The van der Waals surface area contributed by atoms with Gasteiger partial charge in [0.15, 0.2) is 6.04 Å². The highest BCUT2D eigenvalue weighted by Crippen LogP contribution is 2.45. The van der Waals surface area contributed by atoms with E-state index in [2.05, 4.69) is 19.3 Å². The first-order valence-electron chi connectivity index (χ1n) is 9.17. The third kappa shape index (κ3) is 3.81. The quantitative estimate of drug-likeness (QED) is 0.797. The number of benzene rings is 2. The van der Waals surface area contributed by atoms with Crippen molar-refractivity contribution in [3.8, 4) is 0 Å². The van der Waals surface area contributed by atoms with Crippen molar-refractivity contribution in [1.82, 2.24) is 10.4 Å². The smallest absolute Gasteiger partial charge is 0.287 e. The molecular formula is C21H25F3N2O. The van der Waals surface area contributed by atoms with E-state index in [0.717, 1.165) is 22.4 Å². The standard InChI is InChI=1S/C21H25F3N2O/c1-13(2)11-14-7-5-9-16-15(14)8-6-10-17(16)19(21(22,23)24)26-20(3,4)12-18(27)25-26/h5-10,13,19H,11-12H2,1-4H3,(H,25,27)/t19-/m0/s1. The first kappa shape index (κ1) is 19.7. The molecule has 3 rings (SSSR count). The van der Waals surface area contributed by atoms with E-state index in [9.17, 15) is 18.0 Å². The van der Waals surface area contributed by atoms with Crippen molar-refractivity contribution in [2.45, 2.75) is 58.3 Å². The second-order valence-corrected chi connectivity index (χ2v) is 8.30. The molecule has 0 unspecified atom stereocenters. The summed E-state index contributed by atoms with van der Waals surface area (Å²) in [6.45, 7) is 7.48. The summed E-state index contributed by atoms with van der Waals surface area (Å²) < 4.78 is 42.5. The van der Waals surface area contributed by atoms with E-state index in [1.807, 2.05) is 18.2 Å². The zero-order valence-electron chi connectivity index (χ0n) is 16.0. The molecule has 146 valence electrons. The van der Waals surface area contributed by atoms with Crippen molar-refractivity contribution in [3.05, 3.63) is 47.5 Å². The van der Waals surface area contributed by atoms with Gasteiger partial charge in [-0.25, -0.2) is 0 Å². The first-order chi connectivity index (χ1) is 12.5. The molecule has 1 saturated heterocycles. The van der Waals surface area contributed by atoms with Gasteiger partial charge in [0.2, 0.25) is 5.91 Å². The maximum Gasteiger partial charge on any atom is 0.409 e. The highest BCUT2D eigenvalue weighted by atomic mass is 19.4. The average molecular weight is 378 g/mol. The zero-order valence-corrected chi connectivity index (χ0v) is 16.0. The summed E-state index contributed by atoms with van der Waals surface area (Å²) in [5.41, 5.74) is 2.70. The number of halogens is 3. The topological polar surface area (TPSA) is 32.3 Å². The van der Waals surface area contributed by atoms with Gasteiger partial charge in [0.05, 0.1) is 0 Å². The van der Waals surface area contributed by atoms with Crippen LogP contribution < -0.4 is 5.43 Å². The summed E-state index contributed by atoms with van der Waals surface area (Å²) in [6, 6.07) is 8.67. The van der Waals surface area contributed by atoms with Crippen LogP contribution in [0, 0.1) is 5.92 Å². The molecule has 1 heterocycles. The van der Waals surface area contributed by atoms with Crippen LogP contribution >= 0.6 is 0 Å². The van der Waals surface area contributed by atoms with Gasteiger partial charge in [-0.2, -0.15) is 18.2 Å². The van der Waals surface area contributed by atoms with Crippen LogP contribution in [-0.4, -0.2) is 22.6 Å². The Kier molecular flexibility index (Phi) is 4.97. The number of hydrogen-bond acceptors (Lipinski definition) is 2. The van der Waals surface area contributed by atoms with Gasteiger partial charge in [-0.05, 0) is 48.1 Å². The number of rotatable bonds is 4. The fourth-order valence-electron chi connectivity index (χ4n) is 3.93. The second kappa shape index (κ2) is 6.82. The van der Waals surface area contributed by atoms with Gasteiger partial charge in [0, 0.05) is 12.0 Å². The lowest BCUT2D eigenvalue weighted by Crippen LogP contribution is -2.51. The normalized spacial score (nSPS) is 18.9. The van der Waals surface area contributed by atoms with E-state index in [4.69, 9.17) is 0 Å². The monoisotopic (exact) mass is 378 g/mol. The molecule has 1 fully saturated rings. The Balaban J connectivity index is 2.19. The van der Waals surface area contributed by atoms with Gasteiger partial charge in [-0.1, -0.05) is 50.2 Å². The molecule has 1 N–H and O–H groups in total. The number of nitrogens with zero attached hydrogens (tertiary/aromatic N) is 1. The third-order valence-corrected chi connectivity index (χ3v) is 5.03. The molecule has 27 heavy (non-hydrogen) atoms.